The number of nitrogens with one attached hydrogen (secondary N) is 1. The minimum atomic E-state index is -1.16. The number of ether oxygens (including phenoxy) is 2. The van der Waals surface area contributed by atoms with Gasteiger partial charge in [0.25, 0.3) is 5.91 Å². The molecule has 0 saturated carbocycles. The maximum atomic E-state index is 13.2. The Morgan fingerprint density at radius 2 is 1.96 bits per heavy atom. The van der Waals surface area contributed by atoms with Crippen LogP contribution in [0.5, 0.6) is 5.75 Å². The van der Waals surface area contributed by atoms with Crippen molar-refractivity contribution in [2.45, 2.75) is 32.4 Å². The Labute approximate surface area is 162 Å². The molecule has 1 aromatic heterocycles. The number of hydrogen-bond acceptors (Lipinski definition) is 6. The minimum Gasteiger partial charge on any atom is -0.496 e. The van der Waals surface area contributed by atoms with Gasteiger partial charge in [-0.1, -0.05) is 13.0 Å². The maximum Gasteiger partial charge on any atom is 0.373 e. The van der Waals surface area contributed by atoms with Gasteiger partial charge in [-0.25, -0.2) is 9.59 Å². The first-order valence-corrected chi connectivity index (χ1v) is 8.82. The Morgan fingerprint density at radius 1 is 1.21 bits per heavy atom. The summed E-state index contributed by atoms with van der Waals surface area (Å²) in [5.74, 6) is 0.0222. The fourth-order valence-electron chi connectivity index (χ4n) is 3.38. The lowest BCUT2D eigenvalue weighted by Crippen LogP contribution is -2.43. The number of rotatable bonds is 6. The molecule has 1 fully saturated rings. The molecule has 1 unspecified atom stereocenters. The van der Waals surface area contributed by atoms with E-state index < -0.39 is 17.5 Å². The van der Waals surface area contributed by atoms with Crippen molar-refractivity contribution in [1.29, 1.82) is 0 Å². The van der Waals surface area contributed by atoms with Gasteiger partial charge in [0.05, 0.1) is 20.8 Å². The van der Waals surface area contributed by atoms with Gasteiger partial charge in [-0.15, -0.1) is 0 Å². The Bertz CT molecular complexity index is 935. The summed E-state index contributed by atoms with van der Waals surface area (Å²) in [6, 6.07) is 7.86. The number of nitrogens with zero attached hydrogens (tertiary/aromatic N) is 1. The number of carbonyl (C=O) groups excluding carboxylic acids is 3. The van der Waals surface area contributed by atoms with Crippen LogP contribution in [0.1, 0.15) is 40.8 Å². The number of urea groups is 1. The SMILES string of the molecule is CCC1(c2ccc(OC)c(C)c2)NC(=O)N(Cc2ccc(C(=O)OC)o2)C1=O. The van der Waals surface area contributed by atoms with Crippen LogP contribution >= 0.6 is 0 Å². The number of amides is 3. The highest BCUT2D eigenvalue weighted by atomic mass is 16.5. The van der Waals surface area contributed by atoms with E-state index >= 15 is 0 Å². The molecule has 3 rings (SSSR count). The smallest absolute Gasteiger partial charge is 0.373 e. The zero-order valence-electron chi connectivity index (χ0n) is 16.2. The third-order valence-corrected chi connectivity index (χ3v) is 4.96. The topological polar surface area (TPSA) is 98.1 Å². The second-order valence-electron chi connectivity index (χ2n) is 6.52. The van der Waals surface area contributed by atoms with E-state index in [0.29, 0.717) is 23.5 Å². The Balaban J connectivity index is 1.89. The zero-order valence-corrected chi connectivity index (χ0v) is 16.2. The van der Waals surface area contributed by atoms with Crippen LogP contribution in [-0.2, 0) is 21.6 Å². The van der Waals surface area contributed by atoms with Crippen LogP contribution in [0.3, 0.4) is 0 Å². The van der Waals surface area contributed by atoms with Crippen LogP contribution in [-0.4, -0.2) is 37.0 Å². The fraction of sp³-hybridized carbons (Fsp3) is 0.350. The number of methoxy groups -OCH3 is 2. The normalized spacial score (nSPS) is 18.9. The maximum absolute atomic E-state index is 13.2. The molecule has 0 radical (unpaired) electrons. The monoisotopic (exact) mass is 386 g/mol. The summed E-state index contributed by atoms with van der Waals surface area (Å²) in [5.41, 5.74) is 0.386. The summed E-state index contributed by atoms with van der Waals surface area (Å²) < 4.78 is 15.3. The van der Waals surface area contributed by atoms with E-state index in [9.17, 15) is 14.4 Å². The van der Waals surface area contributed by atoms with E-state index in [1.807, 2.05) is 19.9 Å². The predicted octanol–water partition coefficient (Wildman–Crippen LogP) is 2.74. The Morgan fingerprint density at radius 3 is 2.57 bits per heavy atom. The predicted molar refractivity (Wildman–Crippen MR) is 98.8 cm³/mol. The van der Waals surface area contributed by atoms with Crippen LogP contribution in [0.25, 0.3) is 0 Å². The highest BCUT2D eigenvalue weighted by Gasteiger charge is 2.51. The van der Waals surface area contributed by atoms with Crippen molar-refractivity contribution < 1.29 is 28.3 Å². The average molecular weight is 386 g/mol. The molecule has 1 atom stereocenters. The van der Waals surface area contributed by atoms with Crippen LogP contribution < -0.4 is 10.1 Å². The van der Waals surface area contributed by atoms with Gasteiger partial charge < -0.3 is 19.2 Å². The number of aryl methyl sites for hydroxylation is 1. The quantitative estimate of drug-likeness (QED) is 0.606. The molecule has 2 heterocycles. The number of esters is 1. The summed E-state index contributed by atoms with van der Waals surface area (Å²) in [6.45, 7) is 3.63. The van der Waals surface area contributed by atoms with Crippen LogP contribution in [0, 0.1) is 6.92 Å². The first kappa shape index (κ1) is 19.5. The van der Waals surface area contributed by atoms with Crippen LogP contribution in [0.15, 0.2) is 34.7 Å². The standard InChI is InChI=1S/C20H22N2O6/c1-5-20(13-6-8-15(26-3)12(2)10-13)18(24)22(19(25)21-20)11-14-7-9-16(28-14)17(23)27-4/h6-10H,5,11H2,1-4H3,(H,21,25). The van der Waals surface area contributed by atoms with Gasteiger partial charge in [0.2, 0.25) is 5.76 Å². The van der Waals surface area contributed by atoms with Gasteiger partial charge in [0, 0.05) is 0 Å². The summed E-state index contributed by atoms with van der Waals surface area (Å²) in [4.78, 5) is 38.4. The summed E-state index contributed by atoms with van der Waals surface area (Å²) in [5, 5.41) is 2.82. The van der Waals surface area contributed by atoms with Crippen LogP contribution in [0.2, 0.25) is 0 Å². The molecule has 0 bridgehead atoms. The van der Waals surface area contributed by atoms with Gasteiger partial charge in [0.15, 0.2) is 0 Å². The third-order valence-electron chi connectivity index (χ3n) is 4.96. The fourth-order valence-corrected chi connectivity index (χ4v) is 3.38. The number of imide groups is 1. The van der Waals surface area contributed by atoms with Crippen molar-refractivity contribution in [1.82, 2.24) is 10.2 Å². The average Bonchev–Trinajstić information content (AvgIpc) is 3.26. The Hall–Kier alpha value is -3.29. The molecule has 148 valence electrons. The lowest BCUT2D eigenvalue weighted by molar-refractivity contribution is -0.132. The second kappa shape index (κ2) is 7.38. The Kier molecular flexibility index (Phi) is 5.13. The lowest BCUT2D eigenvalue weighted by atomic mass is 9.86. The van der Waals surface area contributed by atoms with E-state index in [-0.39, 0.29) is 18.2 Å². The lowest BCUT2D eigenvalue weighted by Gasteiger charge is -2.26. The van der Waals surface area contributed by atoms with Crippen molar-refractivity contribution in [2.24, 2.45) is 0 Å². The summed E-state index contributed by atoms with van der Waals surface area (Å²) >= 11 is 0. The second-order valence-corrected chi connectivity index (χ2v) is 6.52. The minimum absolute atomic E-state index is 0.0112. The summed E-state index contributed by atoms with van der Waals surface area (Å²) in [6.07, 6.45) is 0.380. The van der Waals surface area contributed by atoms with Crippen LogP contribution in [0.4, 0.5) is 4.79 Å². The molecule has 1 saturated heterocycles. The van der Waals surface area contributed by atoms with Crippen molar-refractivity contribution in [3.63, 3.8) is 0 Å². The molecular weight excluding hydrogens is 364 g/mol. The number of furan rings is 1. The van der Waals surface area contributed by atoms with Gasteiger partial charge in [-0.2, -0.15) is 0 Å². The molecule has 3 amide bonds. The highest BCUT2D eigenvalue weighted by Crippen LogP contribution is 2.35. The molecule has 2 aromatic rings. The van der Waals surface area contributed by atoms with Gasteiger partial charge in [-0.3, -0.25) is 9.69 Å². The molecule has 0 spiro atoms. The molecule has 1 aliphatic heterocycles. The van der Waals surface area contributed by atoms with Crippen molar-refractivity contribution in [3.8, 4) is 5.75 Å². The first-order valence-electron chi connectivity index (χ1n) is 8.82. The number of hydrogen-bond donors (Lipinski definition) is 1. The molecule has 28 heavy (non-hydrogen) atoms. The largest absolute Gasteiger partial charge is 0.496 e. The molecule has 1 aliphatic rings. The molecule has 1 aromatic carbocycles. The third kappa shape index (κ3) is 3.11. The highest BCUT2D eigenvalue weighted by molar-refractivity contribution is 6.07. The first-order chi connectivity index (χ1) is 13.4. The zero-order chi connectivity index (χ0) is 20.5. The molecule has 8 nitrogen and oxygen atoms in total. The molecule has 8 heteroatoms. The van der Waals surface area contributed by atoms with Gasteiger partial charge in [0.1, 0.15) is 17.0 Å². The van der Waals surface area contributed by atoms with E-state index in [4.69, 9.17) is 9.15 Å². The van der Waals surface area contributed by atoms with E-state index in [2.05, 4.69) is 10.1 Å². The van der Waals surface area contributed by atoms with Crippen molar-refractivity contribution in [3.05, 3.63) is 53.0 Å². The van der Waals surface area contributed by atoms with Crippen molar-refractivity contribution >= 4 is 17.9 Å². The summed E-state index contributed by atoms with van der Waals surface area (Å²) in [7, 11) is 2.82. The van der Waals surface area contributed by atoms with E-state index in [0.717, 1.165) is 10.5 Å². The van der Waals surface area contributed by atoms with E-state index in [1.165, 1.54) is 19.2 Å². The van der Waals surface area contributed by atoms with Crippen molar-refractivity contribution in [2.75, 3.05) is 14.2 Å². The van der Waals surface area contributed by atoms with E-state index in [1.54, 1.807) is 19.2 Å². The van der Waals surface area contributed by atoms with Gasteiger partial charge in [-0.05, 0) is 48.7 Å². The molecule has 1 N–H and O–H groups in total. The van der Waals surface area contributed by atoms with Gasteiger partial charge >= 0.3 is 12.0 Å². The number of benzene rings is 1. The molecule has 0 aliphatic carbocycles. The number of carbonyl (C=O) groups is 3. The molecular formula is C20H22N2O6.